The lowest BCUT2D eigenvalue weighted by Gasteiger charge is -2.13. The third kappa shape index (κ3) is 3.58. The summed E-state index contributed by atoms with van der Waals surface area (Å²) in [6.07, 6.45) is 3.19. The molecule has 1 heterocycles. The summed E-state index contributed by atoms with van der Waals surface area (Å²) in [7, 11) is 0. The van der Waals surface area contributed by atoms with Crippen LogP contribution in [0.3, 0.4) is 0 Å². The van der Waals surface area contributed by atoms with Crippen molar-refractivity contribution in [1.82, 2.24) is 10.3 Å². The van der Waals surface area contributed by atoms with Crippen molar-refractivity contribution in [3.63, 3.8) is 0 Å². The number of oxazole rings is 1. The van der Waals surface area contributed by atoms with Gasteiger partial charge in [-0.1, -0.05) is 19.8 Å². The third-order valence-electron chi connectivity index (χ3n) is 2.41. The number of aliphatic carboxylic acids is 1. The van der Waals surface area contributed by atoms with Crippen LogP contribution in [0.5, 0.6) is 0 Å². The number of carboxylic acids is 1. The van der Waals surface area contributed by atoms with E-state index in [0.29, 0.717) is 12.2 Å². The van der Waals surface area contributed by atoms with Gasteiger partial charge in [0.1, 0.15) is 11.8 Å². The predicted molar refractivity (Wildman–Crippen MR) is 59.7 cm³/mol. The Morgan fingerprint density at radius 1 is 1.59 bits per heavy atom. The fourth-order valence-corrected chi connectivity index (χ4v) is 1.42. The molecule has 0 radical (unpaired) electrons. The number of hydrogen-bond acceptors (Lipinski definition) is 4. The van der Waals surface area contributed by atoms with Crippen LogP contribution < -0.4 is 5.32 Å². The summed E-state index contributed by atoms with van der Waals surface area (Å²) in [4.78, 5) is 26.4. The highest BCUT2D eigenvalue weighted by molar-refractivity contribution is 5.95. The molecular weight excluding hydrogens is 224 g/mol. The van der Waals surface area contributed by atoms with E-state index in [1.54, 1.807) is 6.92 Å². The Bertz CT molecular complexity index is 400. The number of nitrogens with one attached hydrogen (secondary N) is 1. The lowest BCUT2D eigenvalue weighted by molar-refractivity contribution is -0.139. The second-order valence-electron chi connectivity index (χ2n) is 3.76. The maximum Gasteiger partial charge on any atom is 0.326 e. The minimum Gasteiger partial charge on any atom is -0.480 e. The molecule has 94 valence electrons. The molecule has 6 nitrogen and oxygen atoms in total. The fraction of sp³-hybridized carbons (Fsp3) is 0.545. The van der Waals surface area contributed by atoms with Gasteiger partial charge in [0.05, 0.1) is 0 Å². The summed E-state index contributed by atoms with van der Waals surface area (Å²) < 4.78 is 4.89. The first-order valence-electron chi connectivity index (χ1n) is 5.50. The van der Waals surface area contributed by atoms with E-state index < -0.39 is 17.9 Å². The first-order chi connectivity index (χ1) is 8.06. The van der Waals surface area contributed by atoms with Crippen LogP contribution in [0.4, 0.5) is 0 Å². The summed E-state index contributed by atoms with van der Waals surface area (Å²) in [5.41, 5.74) is 0.132. The number of nitrogens with zero attached hydrogens (tertiary/aromatic N) is 1. The van der Waals surface area contributed by atoms with Gasteiger partial charge in [-0.2, -0.15) is 0 Å². The maximum absolute atomic E-state index is 11.7. The van der Waals surface area contributed by atoms with Crippen molar-refractivity contribution in [2.24, 2.45) is 0 Å². The van der Waals surface area contributed by atoms with Crippen molar-refractivity contribution in [2.45, 2.75) is 39.2 Å². The zero-order valence-electron chi connectivity index (χ0n) is 9.90. The number of carboxylic acid groups (broad SMARTS) is 1. The number of amides is 1. The predicted octanol–water partition coefficient (Wildman–Crippen LogP) is 1.36. The number of rotatable bonds is 6. The molecule has 0 unspecified atom stereocenters. The zero-order valence-corrected chi connectivity index (χ0v) is 9.90. The van der Waals surface area contributed by atoms with Gasteiger partial charge in [-0.15, -0.1) is 0 Å². The SMILES string of the molecule is CCCC[C@H](NC(=O)c1ncoc1C)C(=O)O. The highest BCUT2D eigenvalue weighted by Crippen LogP contribution is 2.06. The van der Waals surface area contributed by atoms with E-state index in [2.05, 4.69) is 10.3 Å². The maximum atomic E-state index is 11.7. The van der Waals surface area contributed by atoms with Crippen molar-refractivity contribution in [2.75, 3.05) is 0 Å². The molecular formula is C11H16N2O4. The van der Waals surface area contributed by atoms with Crippen molar-refractivity contribution in [3.8, 4) is 0 Å². The molecule has 0 aliphatic carbocycles. The average Bonchev–Trinajstić information content (AvgIpc) is 2.70. The van der Waals surface area contributed by atoms with Crippen LogP contribution in [0.1, 0.15) is 42.4 Å². The smallest absolute Gasteiger partial charge is 0.326 e. The summed E-state index contributed by atoms with van der Waals surface area (Å²) in [5, 5.41) is 11.4. The van der Waals surface area contributed by atoms with E-state index in [0.717, 1.165) is 19.2 Å². The number of aryl methyl sites for hydroxylation is 1. The molecule has 0 aromatic carbocycles. The van der Waals surface area contributed by atoms with E-state index in [9.17, 15) is 9.59 Å². The second kappa shape index (κ2) is 6.03. The Hall–Kier alpha value is -1.85. The molecule has 1 aromatic heterocycles. The van der Waals surface area contributed by atoms with E-state index >= 15 is 0 Å². The molecule has 1 rings (SSSR count). The van der Waals surface area contributed by atoms with Gasteiger partial charge in [-0.05, 0) is 13.3 Å². The van der Waals surface area contributed by atoms with Gasteiger partial charge in [0, 0.05) is 0 Å². The van der Waals surface area contributed by atoms with Crippen LogP contribution in [-0.4, -0.2) is 28.0 Å². The Morgan fingerprint density at radius 2 is 2.29 bits per heavy atom. The normalized spacial score (nSPS) is 12.1. The summed E-state index contributed by atoms with van der Waals surface area (Å²) >= 11 is 0. The monoisotopic (exact) mass is 240 g/mol. The number of carbonyl (C=O) groups excluding carboxylic acids is 1. The molecule has 0 aliphatic rings. The molecule has 6 heteroatoms. The van der Waals surface area contributed by atoms with Crippen LogP contribution in [0.15, 0.2) is 10.8 Å². The number of hydrogen-bond donors (Lipinski definition) is 2. The molecule has 0 fully saturated rings. The first kappa shape index (κ1) is 13.2. The molecule has 0 saturated carbocycles. The van der Waals surface area contributed by atoms with E-state index in [1.165, 1.54) is 0 Å². The number of aromatic nitrogens is 1. The van der Waals surface area contributed by atoms with Gasteiger partial charge in [0.25, 0.3) is 5.91 Å². The largest absolute Gasteiger partial charge is 0.480 e. The molecule has 0 aliphatic heterocycles. The van der Waals surface area contributed by atoms with Crippen LogP contribution in [0, 0.1) is 6.92 Å². The van der Waals surface area contributed by atoms with Gasteiger partial charge >= 0.3 is 5.97 Å². The van der Waals surface area contributed by atoms with Crippen molar-refractivity contribution < 1.29 is 19.1 Å². The Morgan fingerprint density at radius 3 is 2.76 bits per heavy atom. The number of unbranched alkanes of at least 4 members (excludes halogenated alkanes) is 1. The van der Waals surface area contributed by atoms with Crippen LogP contribution in [0.25, 0.3) is 0 Å². The van der Waals surface area contributed by atoms with Gasteiger partial charge < -0.3 is 14.8 Å². The van der Waals surface area contributed by atoms with Crippen molar-refractivity contribution >= 4 is 11.9 Å². The highest BCUT2D eigenvalue weighted by Gasteiger charge is 2.22. The molecule has 0 bridgehead atoms. The second-order valence-corrected chi connectivity index (χ2v) is 3.76. The summed E-state index contributed by atoms with van der Waals surface area (Å²) in [6.45, 7) is 3.56. The minimum atomic E-state index is -1.03. The summed E-state index contributed by atoms with van der Waals surface area (Å²) in [5.74, 6) is -1.17. The third-order valence-corrected chi connectivity index (χ3v) is 2.41. The van der Waals surface area contributed by atoms with E-state index in [-0.39, 0.29) is 5.69 Å². The molecule has 2 N–H and O–H groups in total. The molecule has 17 heavy (non-hydrogen) atoms. The standard InChI is InChI=1S/C11H16N2O4/c1-3-4-5-8(11(15)16)13-10(14)9-7(2)17-6-12-9/h6,8H,3-5H2,1-2H3,(H,13,14)(H,15,16)/t8-/m0/s1. The van der Waals surface area contributed by atoms with Crippen LogP contribution in [-0.2, 0) is 4.79 Å². The van der Waals surface area contributed by atoms with Crippen LogP contribution >= 0.6 is 0 Å². The van der Waals surface area contributed by atoms with Crippen molar-refractivity contribution in [3.05, 3.63) is 17.8 Å². The Kier molecular flexibility index (Phi) is 4.68. The molecule has 1 amide bonds. The van der Waals surface area contributed by atoms with Crippen LogP contribution in [0.2, 0.25) is 0 Å². The molecule has 1 atom stereocenters. The topological polar surface area (TPSA) is 92.4 Å². The Labute approximate surface area is 99.0 Å². The quantitative estimate of drug-likeness (QED) is 0.783. The van der Waals surface area contributed by atoms with E-state index in [4.69, 9.17) is 9.52 Å². The van der Waals surface area contributed by atoms with Gasteiger partial charge in [-0.3, -0.25) is 4.79 Å². The minimum absolute atomic E-state index is 0.132. The average molecular weight is 240 g/mol. The lowest BCUT2D eigenvalue weighted by Crippen LogP contribution is -2.41. The van der Waals surface area contributed by atoms with E-state index in [1.807, 2.05) is 6.92 Å². The molecule has 1 aromatic rings. The summed E-state index contributed by atoms with van der Waals surface area (Å²) in [6, 6.07) is -0.876. The van der Waals surface area contributed by atoms with Gasteiger partial charge in [-0.25, -0.2) is 9.78 Å². The van der Waals surface area contributed by atoms with Crippen molar-refractivity contribution in [1.29, 1.82) is 0 Å². The molecule has 0 saturated heterocycles. The zero-order chi connectivity index (χ0) is 12.8. The highest BCUT2D eigenvalue weighted by atomic mass is 16.4. The van der Waals surface area contributed by atoms with Gasteiger partial charge in [0.15, 0.2) is 12.1 Å². The van der Waals surface area contributed by atoms with Gasteiger partial charge in [0.2, 0.25) is 0 Å². The number of carbonyl (C=O) groups is 2. The lowest BCUT2D eigenvalue weighted by atomic mass is 10.1. The Balaban J connectivity index is 2.64. The fourth-order valence-electron chi connectivity index (χ4n) is 1.42. The molecule has 0 spiro atoms. The first-order valence-corrected chi connectivity index (χ1v) is 5.50.